The largest absolute Gasteiger partial charge is 0.480 e. The number of rotatable bonds is 7. The number of nitriles is 1. The zero-order chi connectivity index (χ0) is 21.4. The van der Waals surface area contributed by atoms with Gasteiger partial charge in [-0.05, 0) is 43.7 Å². The van der Waals surface area contributed by atoms with E-state index in [0.29, 0.717) is 11.3 Å². The number of amides is 1. The van der Waals surface area contributed by atoms with Gasteiger partial charge in [0.1, 0.15) is 23.3 Å². The number of aromatic nitrogens is 4. The number of ether oxygens (including phenoxy) is 1. The molecule has 0 spiro atoms. The van der Waals surface area contributed by atoms with Crippen LogP contribution in [-0.2, 0) is 16.0 Å². The van der Waals surface area contributed by atoms with Crippen LogP contribution in [0.1, 0.15) is 32.2 Å². The zero-order valence-electron chi connectivity index (χ0n) is 16.1. The van der Waals surface area contributed by atoms with Gasteiger partial charge in [-0.3, -0.25) is 0 Å². The number of hydrogen-bond donors (Lipinski definition) is 4. The number of carbonyl (C=O) groups is 2. The molecule has 11 nitrogen and oxygen atoms in total. The molecule has 0 aliphatic carbocycles. The standard InChI is InChI=1S/C18H21N7O4/c1-18(2,3)29-17(28)21-14(16(26)27)8-11-4-6-13(7-5-11)20-10-12(9-19)15-22-24-25-23-15/h4-7,10,14,20H,8H2,1-3H3,(H,21,28)(H,26,27)(H,22,23,24,25). The van der Waals surface area contributed by atoms with E-state index in [1.807, 2.05) is 6.07 Å². The first kappa shape index (κ1) is 21.4. The van der Waals surface area contributed by atoms with Crippen LogP contribution in [0, 0.1) is 11.3 Å². The summed E-state index contributed by atoms with van der Waals surface area (Å²) in [6.45, 7) is 5.08. The highest BCUT2D eigenvalue weighted by Gasteiger charge is 2.24. The van der Waals surface area contributed by atoms with Crippen molar-refractivity contribution in [2.45, 2.75) is 38.8 Å². The van der Waals surface area contributed by atoms with Crippen LogP contribution in [-0.4, -0.2) is 49.4 Å². The fourth-order valence-corrected chi connectivity index (χ4v) is 2.20. The molecule has 11 heteroatoms. The van der Waals surface area contributed by atoms with E-state index in [-0.39, 0.29) is 17.8 Å². The zero-order valence-corrected chi connectivity index (χ0v) is 16.1. The number of nitrogens with zero attached hydrogens (tertiary/aromatic N) is 4. The van der Waals surface area contributed by atoms with Crippen LogP contribution < -0.4 is 10.6 Å². The van der Waals surface area contributed by atoms with Gasteiger partial charge in [0.25, 0.3) is 0 Å². The van der Waals surface area contributed by atoms with Crippen molar-refractivity contribution in [1.29, 1.82) is 5.26 Å². The Balaban J connectivity index is 2.00. The van der Waals surface area contributed by atoms with Crippen LogP contribution in [0.3, 0.4) is 0 Å². The molecule has 1 aromatic heterocycles. The highest BCUT2D eigenvalue weighted by Crippen LogP contribution is 2.14. The Morgan fingerprint density at radius 2 is 2.03 bits per heavy atom. The van der Waals surface area contributed by atoms with E-state index < -0.39 is 23.7 Å². The van der Waals surface area contributed by atoms with Gasteiger partial charge in [-0.15, -0.1) is 10.2 Å². The molecule has 0 saturated heterocycles. The lowest BCUT2D eigenvalue weighted by atomic mass is 10.1. The smallest absolute Gasteiger partial charge is 0.408 e. The third-order valence-electron chi connectivity index (χ3n) is 3.47. The number of carbonyl (C=O) groups excluding carboxylic acids is 1. The van der Waals surface area contributed by atoms with Gasteiger partial charge in [0, 0.05) is 18.3 Å². The minimum atomic E-state index is -1.17. The Hall–Kier alpha value is -3.94. The summed E-state index contributed by atoms with van der Waals surface area (Å²) < 4.78 is 5.10. The number of carboxylic acid groups (broad SMARTS) is 1. The van der Waals surface area contributed by atoms with Crippen molar-refractivity contribution in [3.8, 4) is 6.07 Å². The van der Waals surface area contributed by atoms with Crippen molar-refractivity contribution in [3.05, 3.63) is 41.9 Å². The molecule has 1 amide bonds. The molecule has 0 aliphatic rings. The second kappa shape index (κ2) is 9.32. The highest BCUT2D eigenvalue weighted by molar-refractivity contribution is 5.80. The predicted octanol–water partition coefficient (Wildman–Crippen LogP) is 1.70. The number of anilines is 1. The SMILES string of the molecule is CC(C)(C)OC(=O)NC(Cc1ccc(NC=C(C#N)c2nn[nH]n2)cc1)C(=O)O. The average Bonchev–Trinajstić information content (AvgIpc) is 3.16. The molecule has 1 atom stereocenters. The number of H-pyrrole nitrogens is 1. The molecule has 152 valence electrons. The molecule has 2 aromatic rings. The highest BCUT2D eigenvalue weighted by atomic mass is 16.6. The summed E-state index contributed by atoms with van der Waals surface area (Å²) >= 11 is 0. The van der Waals surface area contributed by atoms with E-state index in [1.54, 1.807) is 45.0 Å². The second-order valence-corrected chi connectivity index (χ2v) is 6.99. The lowest BCUT2D eigenvalue weighted by molar-refractivity contribution is -0.139. The Morgan fingerprint density at radius 1 is 1.34 bits per heavy atom. The Labute approximate surface area is 166 Å². The minimum absolute atomic E-state index is 0.0804. The molecule has 0 bridgehead atoms. The molecule has 0 fully saturated rings. The number of aliphatic carboxylic acids is 1. The Morgan fingerprint density at radius 3 is 2.55 bits per heavy atom. The van der Waals surface area contributed by atoms with Crippen LogP contribution in [0.25, 0.3) is 5.57 Å². The van der Waals surface area contributed by atoms with E-state index in [1.165, 1.54) is 6.20 Å². The van der Waals surface area contributed by atoms with Crippen molar-refractivity contribution < 1.29 is 19.4 Å². The maximum absolute atomic E-state index is 11.8. The molecule has 1 unspecified atom stereocenters. The maximum Gasteiger partial charge on any atom is 0.408 e. The van der Waals surface area contributed by atoms with E-state index in [9.17, 15) is 14.7 Å². The number of hydrogen-bond acceptors (Lipinski definition) is 8. The molecular formula is C18H21N7O4. The van der Waals surface area contributed by atoms with Crippen LogP contribution in [0.15, 0.2) is 30.5 Å². The van der Waals surface area contributed by atoms with Crippen molar-refractivity contribution in [2.24, 2.45) is 0 Å². The van der Waals surface area contributed by atoms with Gasteiger partial charge in [0.15, 0.2) is 0 Å². The quantitative estimate of drug-likeness (QED) is 0.507. The fourth-order valence-electron chi connectivity index (χ4n) is 2.20. The average molecular weight is 399 g/mol. The molecular weight excluding hydrogens is 378 g/mol. The van der Waals surface area contributed by atoms with E-state index in [2.05, 4.69) is 31.3 Å². The van der Waals surface area contributed by atoms with E-state index >= 15 is 0 Å². The summed E-state index contributed by atoms with van der Waals surface area (Å²) in [6, 6.07) is 7.67. The van der Waals surface area contributed by atoms with Crippen molar-refractivity contribution in [2.75, 3.05) is 5.32 Å². The number of alkyl carbamates (subject to hydrolysis) is 1. The first-order chi connectivity index (χ1) is 13.7. The summed E-state index contributed by atoms with van der Waals surface area (Å²) in [5.74, 6) is -1.01. The summed E-state index contributed by atoms with van der Waals surface area (Å²) in [5.41, 5.74) is 0.826. The normalized spacial score (nSPS) is 12.6. The number of allylic oxidation sites excluding steroid dienone is 1. The molecule has 0 radical (unpaired) electrons. The summed E-state index contributed by atoms with van der Waals surface area (Å²) in [7, 11) is 0. The number of nitrogens with one attached hydrogen (secondary N) is 3. The maximum atomic E-state index is 11.8. The third kappa shape index (κ3) is 6.94. The van der Waals surface area contributed by atoms with Gasteiger partial charge < -0.3 is 20.5 Å². The fraction of sp³-hybridized carbons (Fsp3) is 0.333. The third-order valence-corrected chi connectivity index (χ3v) is 3.47. The van der Waals surface area contributed by atoms with Gasteiger partial charge in [0.2, 0.25) is 5.82 Å². The van der Waals surface area contributed by atoms with Crippen LogP contribution in [0.5, 0.6) is 0 Å². The first-order valence-corrected chi connectivity index (χ1v) is 8.60. The van der Waals surface area contributed by atoms with Crippen molar-refractivity contribution >= 4 is 23.3 Å². The van der Waals surface area contributed by atoms with Gasteiger partial charge in [-0.2, -0.15) is 10.5 Å². The second-order valence-electron chi connectivity index (χ2n) is 6.99. The van der Waals surface area contributed by atoms with Crippen LogP contribution in [0.2, 0.25) is 0 Å². The number of tetrazole rings is 1. The van der Waals surface area contributed by atoms with E-state index in [0.717, 1.165) is 0 Å². The first-order valence-electron chi connectivity index (χ1n) is 8.60. The van der Waals surface area contributed by atoms with Gasteiger partial charge in [0.05, 0.1) is 0 Å². The molecule has 0 aliphatic heterocycles. The summed E-state index contributed by atoms with van der Waals surface area (Å²) in [6.07, 6.45) is 0.722. The summed E-state index contributed by atoms with van der Waals surface area (Å²) in [5, 5.41) is 36.9. The minimum Gasteiger partial charge on any atom is -0.480 e. The molecule has 0 saturated carbocycles. The molecule has 4 N–H and O–H groups in total. The van der Waals surface area contributed by atoms with Gasteiger partial charge in [-0.25, -0.2) is 9.59 Å². The van der Waals surface area contributed by atoms with Gasteiger partial charge in [-0.1, -0.05) is 12.1 Å². The van der Waals surface area contributed by atoms with Crippen LogP contribution in [0.4, 0.5) is 10.5 Å². The Kier molecular flexibility index (Phi) is 6.86. The molecule has 29 heavy (non-hydrogen) atoms. The Bertz CT molecular complexity index is 909. The molecule has 1 heterocycles. The van der Waals surface area contributed by atoms with Crippen molar-refractivity contribution in [3.63, 3.8) is 0 Å². The lowest BCUT2D eigenvalue weighted by Gasteiger charge is -2.22. The lowest BCUT2D eigenvalue weighted by Crippen LogP contribution is -2.44. The monoisotopic (exact) mass is 399 g/mol. The van der Waals surface area contributed by atoms with Crippen molar-refractivity contribution in [1.82, 2.24) is 25.9 Å². The number of aromatic amines is 1. The topological polar surface area (TPSA) is 166 Å². The predicted molar refractivity (Wildman–Crippen MR) is 102 cm³/mol. The van der Waals surface area contributed by atoms with Gasteiger partial charge >= 0.3 is 12.1 Å². The summed E-state index contributed by atoms with van der Waals surface area (Å²) in [4.78, 5) is 23.3. The number of carboxylic acids is 1. The number of benzene rings is 1. The molecule has 2 rings (SSSR count). The van der Waals surface area contributed by atoms with E-state index in [4.69, 9.17) is 10.00 Å². The molecule has 1 aromatic carbocycles. The van der Waals surface area contributed by atoms with Crippen LogP contribution >= 0.6 is 0 Å².